The van der Waals surface area contributed by atoms with E-state index in [4.69, 9.17) is 5.26 Å². The highest BCUT2D eigenvalue weighted by molar-refractivity contribution is 7.14. The molecular weight excluding hydrogens is 296 g/mol. The summed E-state index contributed by atoms with van der Waals surface area (Å²) in [5, 5.41) is 13.9. The minimum atomic E-state index is -0.293. The predicted octanol–water partition coefficient (Wildman–Crippen LogP) is 3.33. The number of thiazole rings is 1. The quantitative estimate of drug-likeness (QED) is 0.805. The van der Waals surface area contributed by atoms with Crippen molar-refractivity contribution in [1.29, 1.82) is 5.26 Å². The molecule has 0 unspecified atom stereocenters. The van der Waals surface area contributed by atoms with Gasteiger partial charge >= 0.3 is 0 Å². The molecule has 0 bridgehead atoms. The summed E-state index contributed by atoms with van der Waals surface area (Å²) in [5.74, 6) is -0.293. The third kappa shape index (κ3) is 3.00. The number of nitrogens with zero attached hydrogens (tertiary/aromatic N) is 3. The topological polar surface area (TPSA) is 78.7 Å². The maximum atomic E-state index is 12.2. The Morgan fingerprint density at radius 1 is 1.18 bits per heavy atom. The van der Waals surface area contributed by atoms with Crippen LogP contribution in [0.4, 0.5) is 5.13 Å². The molecule has 1 N–H and O–H groups in total. The molecule has 0 aliphatic rings. The number of anilines is 1. The van der Waals surface area contributed by atoms with Gasteiger partial charge in [0, 0.05) is 17.1 Å². The molecule has 2 aromatic heterocycles. The zero-order valence-electron chi connectivity index (χ0n) is 11.4. The van der Waals surface area contributed by atoms with Crippen molar-refractivity contribution >= 4 is 22.4 Å². The molecule has 0 aliphatic carbocycles. The van der Waals surface area contributed by atoms with Crippen molar-refractivity contribution in [3.8, 4) is 17.5 Å². The lowest BCUT2D eigenvalue weighted by molar-refractivity contribution is 0.102. The fraction of sp³-hybridized carbons (Fsp3) is 0. The Morgan fingerprint density at radius 3 is 2.86 bits per heavy atom. The van der Waals surface area contributed by atoms with Crippen molar-refractivity contribution in [1.82, 2.24) is 9.97 Å². The average Bonchev–Trinajstić information content (AvgIpc) is 3.04. The molecule has 0 atom stereocenters. The van der Waals surface area contributed by atoms with E-state index in [0.717, 1.165) is 5.69 Å². The van der Waals surface area contributed by atoms with E-state index in [1.807, 2.05) is 29.6 Å². The normalized spacial score (nSPS) is 9.95. The van der Waals surface area contributed by atoms with Gasteiger partial charge in [-0.15, -0.1) is 11.3 Å². The van der Waals surface area contributed by atoms with E-state index in [1.165, 1.54) is 11.3 Å². The number of rotatable bonds is 3. The summed E-state index contributed by atoms with van der Waals surface area (Å²) in [7, 11) is 0. The molecule has 0 saturated heterocycles. The van der Waals surface area contributed by atoms with Crippen molar-refractivity contribution in [2.75, 3.05) is 5.32 Å². The van der Waals surface area contributed by atoms with Gasteiger partial charge in [-0.3, -0.25) is 15.1 Å². The maximum absolute atomic E-state index is 12.2. The van der Waals surface area contributed by atoms with E-state index in [-0.39, 0.29) is 5.91 Å². The van der Waals surface area contributed by atoms with Crippen LogP contribution in [0.25, 0.3) is 11.4 Å². The first-order chi connectivity index (χ1) is 10.8. The Morgan fingerprint density at radius 2 is 2.09 bits per heavy atom. The summed E-state index contributed by atoms with van der Waals surface area (Å²) < 4.78 is 0. The van der Waals surface area contributed by atoms with Crippen LogP contribution in [0, 0.1) is 11.3 Å². The van der Waals surface area contributed by atoms with Crippen LogP contribution in [0.5, 0.6) is 0 Å². The SMILES string of the molecule is N#Cc1cccc(C(=O)Nc2nc(-c3ccccn3)cs2)c1. The minimum absolute atomic E-state index is 0.293. The molecule has 0 radical (unpaired) electrons. The van der Waals surface area contributed by atoms with Crippen LogP contribution in [0.2, 0.25) is 0 Å². The van der Waals surface area contributed by atoms with Crippen LogP contribution in [-0.4, -0.2) is 15.9 Å². The highest BCUT2D eigenvalue weighted by Gasteiger charge is 2.10. The van der Waals surface area contributed by atoms with E-state index < -0.39 is 0 Å². The molecule has 3 aromatic rings. The monoisotopic (exact) mass is 306 g/mol. The van der Waals surface area contributed by atoms with Gasteiger partial charge < -0.3 is 0 Å². The molecule has 0 spiro atoms. The van der Waals surface area contributed by atoms with Gasteiger partial charge in [0.2, 0.25) is 0 Å². The molecule has 1 amide bonds. The molecule has 0 fully saturated rings. The summed E-state index contributed by atoms with van der Waals surface area (Å²) in [6, 6.07) is 14.1. The van der Waals surface area contributed by atoms with Gasteiger partial charge in [0.25, 0.3) is 5.91 Å². The van der Waals surface area contributed by atoms with Crippen LogP contribution >= 0.6 is 11.3 Å². The minimum Gasteiger partial charge on any atom is -0.298 e. The highest BCUT2D eigenvalue weighted by atomic mass is 32.1. The Kier molecular flexibility index (Phi) is 3.90. The third-order valence-electron chi connectivity index (χ3n) is 2.91. The summed E-state index contributed by atoms with van der Waals surface area (Å²) in [6.07, 6.45) is 1.69. The Balaban J connectivity index is 1.78. The van der Waals surface area contributed by atoms with Crippen molar-refractivity contribution in [3.63, 3.8) is 0 Å². The number of carbonyl (C=O) groups excluding carboxylic acids is 1. The Bertz CT molecular complexity index is 852. The summed E-state index contributed by atoms with van der Waals surface area (Å²) >= 11 is 1.33. The highest BCUT2D eigenvalue weighted by Crippen LogP contribution is 2.23. The molecule has 6 heteroatoms. The molecule has 2 heterocycles. The lowest BCUT2D eigenvalue weighted by atomic mass is 10.1. The first-order valence-electron chi connectivity index (χ1n) is 6.45. The van der Waals surface area contributed by atoms with Crippen molar-refractivity contribution in [3.05, 3.63) is 65.2 Å². The predicted molar refractivity (Wildman–Crippen MR) is 84.5 cm³/mol. The van der Waals surface area contributed by atoms with Crippen LogP contribution in [-0.2, 0) is 0 Å². The van der Waals surface area contributed by atoms with Gasteiger partial charge in [-0.2, -0.15) is 5.26 Å². The lowest BCUT2D eigenvalue weighted by Gasteiger charge is -2.01. The zero-order chi connectivity index (χ0) is 15.4. The van der Waals surface area contributed by atoms with E-state index in [2.05, 4.69) is 15.3 Å². The van der Waals surface area contributed by atoms with Crippen LogP contribution in [0.3, 0.4) is 0 Å². The fourth-order valence-electron chi connectivity index (χ4n) is 1.86. The average molecular weight is 306 g/mol. The number of aromatic nitrogens is 2. The molecular formula is C16H10N4OS. The number of amides is 1. The summed E-state index contributed by atoms with van der Waals surface area (Å²) in [4.78, 5) is 20.7. The summed E-state index contributed by atoms with van der Waals surface area (Å²) in [5.41, 5.74) is 2.34. The molecule has 0 saturated carbocycles. The second kappa shape index (κ2) is 6.16. The largest absolute Gasteiger partial charge is 0.298 e. The number of carbonyl (C=O) groups is 1. The van der Waals surface area contributed by atoms with Crippen molar-refractivity contribution in [2.45, 2.75) is 0 Å². The standard InChI is InChI=1S/C16H10N4OS/c17-9-11-4-3-5-12(8-11)15(21)20-16-19-14(10-22-16)13-6-1-2-7-18-13/h1-8,10H,(H,19,20,21). The van der Waals surface area contributed by atoms with E-state index in [0.29, 0.717) is 22.0 Å². The first kappa shape index (κ1) is 13.9. The van der Waals surface area contributed by atoms with E-state index in [9.17, 15) is 4.79 Å². The molecule has 0 aliphatic heterocycles. The number of hydrogen-bond donors (Lipinski definition) is 1. The maximum Gasteiger partial charge on any atom is 0.257 e. The Hall–Kier alpha value is -3.04. The van der Waals surface area contributed by atoms with Gasteiger partial charge in [-0.1, -0.05) is 12.1 Å². The van der Waals surface area contributed by atoms with Crippen LogP contribution in [0.15, 0.2) is 54.0 Å². The van der Waals surface area contributed by atoms with Crippen LogP contribution < -0.4 is 5.32 Å². The van der Waals surface area contributed by atoms with Gasteiger partial charge in [-0.25, -0.2) is 4.98 Å². The van der Waals surface area contributed by atoms with Crippen LogP contribution in [0.1, 0.15) is 15.9 Å². The fourth-order valence-corrected chi connectivity index (χ4v) is 2.56. The second-order valence-electron chi connectivity index (χ2n) is 4.40. The van der Waals surface area contributed by atoms with E-state index >= 15 is 0 Å². The number of nitriles is 1. The molecule has 3 rings (SSSR count). The molecule has 106 valence electrons. The third-order valence-corrected chi connectivity index (χ3v) is 3.66. The number of benzene rings is 1. The molecule has 22 heavy (non-hydrogen) atoms. The van der Waals surface area contributed by atoms with E-state index in [1.54, 1.807) is 30.5 Å². The molecule has 5 nitrogen and oxygen atoms in total. The zero-order valence-corrected chi connectivity index (χ0v) is 12.2. The lowest BCUT2D eigenvalue weighted by Crippen LogP contribution is -2.11. The second-order valence-corrected chi connectivity index (χ2v) is 5.26. The van der Waals surface area contributed by atoms with Crippen molar-refractivity contribution in [2.24, 2.45) is 0 Å². The smallest absolute Gasteiger partial charge is 0.257 e. The number of pyridine rings is 1. The number of hydrogen-bond acceptors (Lipinski definition) is 5. The van der Waals surface area contributed by atoms with Gasteiger partial charge in [-0.05, 0) is 30.3 Å². The molecule has 1 aromatic carbocycles. The van der Waals surface area contributed by atoms with Gasteiger partial charge in [0.05, 0.1) is 17.3 Å². The van der Waals surface area contributed by atoms with Gasteiger partial charge in [0.1, 0.15) is 5.69 Å². The summed E-state index contributed by atoms with van der Waals surface area (Å²) in [6.45, 7) is 0. The first-order valence-corrected chi connectivity index (χ1v) is 7.32. The van der Waals surface area contributed by atoms with Crippen molar-refractivity contribution < 1.29 is 4.79 Å². The Labute approximate surface area is 130 Å². The number of nitrogens with one attached hydrogen (secondary N) is 1. The van der Waals surface area contributed by atoms with Gasteiger partial charge in [0.15, 0.2) is 5.13 Å².